The molecule has 2 unspecified atom stereocenters. The number of aliphatic hydroxyl groups is 1. The highest BCUT2D eigenvalue weighted by Crippen LogP contribution is 2.41. The highest BCUT2D eigenvalue weighted by atomic mass is 127. The van der Waals surface area contributed by atoms with E-state index in [-0.39, 0.29) is 21.6 Å². The maximum Gasteiger partial charge on any atom is 0.268 e. The topological polar surface area (TPSA) is 106 Å². The van der Waals surface area contributed by atoms with Crippen LogP contribution >= 0.6 is 22.6 Å². The van der Waals surface area contributed by atoms with Crippen LogP contribution in [0.4, 0.5) is 0 Å². The van der Waals surface area contributed by atoms with E-state index in [0.29, 0.717) is 62.8 Å². The number of carbonyl (C=O) groups is 1. The molecular formula is C25H38IN5O5S. The van der Waals surface area contributed by atoms with Crippen molar-refractivity contribution in [2.24, 2.45) is 0 Å². The molecule has 10 nitrogen and oxygen atoms in total. The van der Waals surface area contributed by atoms with Crippen molar-refractivity contribution in [3.63, 3.8) is 0 Å². The van der Waals surface area contributed by atoms with Crippen LogP contribution in [-0.2, 0) is 14.8 Å². The van der Waals surface area contributed by atoms with Crippen molar-refractivity contribution in [2.45, 2.75) is 41.8 Å². The number of ether oxygens (including phenoxy) is 1. The van der Waals surface area contributed by atoms with Crippen LogP contribution in [-0.4, -0.2) is 109 Å². The fourth-order valence-corrected chi connectivity index (χ4v) is 7.55. The first-order chi connectivity index (χ1) is 17.7. The number of nitrogens with zero attached hydrogens (tertiary/aromatic N) is 4. The Morgan fingerprint density at radius 2 is 1.89 bits per heavy atom. The monoisotopic (exact) mass is 647 g/mol. The van der Waals surface area contributed by atoms with Crippen molar-refractivity contribution in [2.75, 3.05) is 66.1 Å². The number of piperazine rings is 1. The summed E-state index contributed by atoms with van der Waals surface area (Å²) in [7, 11) is -1.79. The van der Waals surface area contributed by atoms with Gasteiger partial charge in [-0.2, -0.15) is 4.31 Å². The second-order valence-corrected chi connectivity index (χ2v) is 12.7. The molecule has 0 spiro atoms. The molecule has 0 saturated carbocycles. The van der Waals surface area contributed by atoms with Gasteiger partial charge in [0.25, 0.3) is 5.91 Å². The summed E-state index contributed by atoms with van der Waals surface area (Å²) in [5, 5.41) is 12.2. The van der Waals surface area contributed by atoms with Gasteiger partial charge in [-0.3, -0.25) is 9.69 Å². The SMILES string of the molecule is CCCN1CC2=C(C(=O)NC2c2cc(S(=O)(=O)N3CCN(CCCO)CC3)ccc2OCC)N(C)C1I. The third-order valence-electron chi connectivity index (χ3n) is 7.19. The number of rotatable bonds is 10. The average molecular weight is 648 g/mol. The summed E-state index contributed by atoms with van der Waals surface area (Å²) < 4.78 is 34.8. The Balaban J connectivity index is 1.66. The summed E-state index contributed by atoms with van der Waals surface area (Å²) >= 11 is 2.36. The molecule has 0 bridgehead atoms. The van der Waals surface area contributed by atoms with Crippen LogP contribution in [0.1, 0.15) is 38.3 Å². The lowest BCUT2D eigenvalue weighted by Crippen LogP contribution is -2.48. The molecule has 4 rings (SSSR count). The maximum atomic E-state index is 13.6. The van der Waals surface area contributed by atoms with Gasteiger partial charge in [-0.25, -0.2) is 8.42 Å². The van der Waals surface area contributed by atoms with Gasteiger partial charge in [0, 0.05) is 65.0 Å². The standard InChI is InChI=1S/C25H38IN5O5S/c1-4-9-30-17-20-22(27-24(33)23(20)28(3)25(30)26)19-16-18(7-8-21(19)36-5-2)37(34,35)31-13-11-29(12-14-31)10-6-15-32/h7-8,16,22,25,32H,4-6,9-15,17H2,1-3H3,(H,27,33). The van der Waals surface area contributed by atoms with E-state index in [4.69, 9.17) is 9.84 Å². The van der Waals surface area contributed by atoms with Gasteiger partial charge < -0.3 is 25.0 Å². The van der Waals surface area contributed by atoms with Crippen LogP contribution in [0.2, 0.25) is 0 Å². The molecule has 1 aromatic rings. The number of amides is 1. The highest BCUT2D eigenvalue weighted by Gasteiger charge is 2.43. The van der Waals surface area contributed by atoms with Gasteiger partial charge in [-0.15, -0.1) is 0 Å². The number of benzene rings is 1. The van der Waals surface area contributed by atoms with E-state index < -0.39 is 16.1 Å². The van der Waals surface area contributed by atoms with Crippen molar-refractivity contribution in [1.29, 1.82) is 0 Å². The molecule has 2 atom stereocenters. The van der Waals surface area contributed by atoms with Crippen LogP contribution in [0.3, 0.4) is 0 Å². The molecule has 1 saturated heterocycles. The van der Waals surface area contributed by atoms with Gasteiger partial charge >= 0.3 is 0 Å². The number of hydrogen-bond acceptors (Lipinski definition) is 8. The number of carbonyl (C=O) groups excluding carboxylic acids is 1. The van der Waals surface area contributed by atoms with E-state index >= 15 is 0 Å². The van der Waals surface area contributed by atoms with Crippen molar-refractivity contribution in [3.05, 3.63) is 35.0 Å². The molecule has 3 aliphatic rings. The van der Waals surface area contributed by atoms with Crippen LogP contribution in [0.15, 0.2) is 34.4 Å². The molecule has 2 N–H and O–H groups in total. The Hall–Kier alpha value is -1.45. The first kappa shape index (κ1) is 28.6. The number of alkyl halides is 1. The Kier molecular flexibility index (Phi) is 9.39. The summed E-state index contributed by atoms with van der Waals surface area (Å²) in [6.07, 6.45) is 1.68. The van der Waals surface area contributed by atoms with Crippen molar-refractivity contribution in [1.82, 2.24) is 24.3 Å². The first-order valence-electron chi connectivity index (χ1n) is 13.0. The summed E-state index contributed by atoms with van der Waals surface area (Å²) in [5.41, 5.74) is 2.27. The summed E-state index contributed by atoms with van der Waals surface area (Å²) in [4.78, 5) is 19.8. The zero-order chi connectivity index (χ0) is 26.7. The quantitative estimate of drug-likeness (QED) is 0.224. The lowest BCUT2D eigenvalue weighted by atomic mass is 9.97. The molecule has 206 valence electrons. The van der Waals surface area contributed by atoms with Crippen molar-refractivity contribution >= 4 is 38.5 Å². The Morgan fingerprint density at radius 3 is 2.54 bits per heavy atom. The minimum absolute atomic E-state index is 0.0647. The predicted molar refractivity (Wildman–Crippen MR) is 150 cm³/mol. The molecule has 1 fully saturated rings. The van der Waals surface area contributed by atoms with Crippen molar-refractivity contribution in [3.8, 4) is 5.75 Å². The molecule has 12 heteroatoms. The van der Waals surface area contributed by atoms with E-state index in [1.54, 1.807) is 18.2 Å². The molecule has 3 aliphatic heterocycles. The minimum atomic E-state index is -3.72. The molecule has 3 heterocycles. The summed E-state index contributed by atoms with van der Waals surface area (Å²) in [5.74, 6) is 0.436. The Bertz CT molecular complexity index is 1120. The zero-order valence-corrected chi connectivity index (χ0v) is 24.8. The van der Waals surface area contributed by atoms with Gasteiger partial charge in [0.2, 0.25) is 10.0 Å². The van der Waals surface area contributed by atoms with Crippen molar-refractivity contribution < 1.29 is 23.1 Å². The van der Waals surface area contributed by atoms with E-state index in [0.717, 1.165) is 25.1 Å². The molecule has 37 heavy (non-hydrogen) atoms. The highest BCUT2D eigenvalue weighted by molar-refractivity contribution is 14.1. The van der Waals surface area contributed by atoms with E-state index in [1.807, 2.05) is 18.9 Å². The minimum Gasteiger partial charge on any atom is -0.494 e. The van der Waals surface area contributed by atoms with Gasteiger partial charge in [0.15, 0.2) is 0 Å². The normalized spacial score (nSPS) is 23.9. The number of halogens is 1. The molecule has 0 aliphatic carbocycles. The number of nitrogens with one attached hydrogen (secondary N) is 1. The lowest BCUT2D eigenvalue weighted by molar-refractivity contribution is -0.118. The maximum absolute atomic E-state index is 13.6. The Morgan fingerprint density at radius 1 is 1.16 bits per heavy atom. The first-order valence-corrected chi connectivity index (χ1v) is 15.7. The second kappa shape index (κ2) is 12.2. The van der Waals surface area contributed by atoms with Crippen LogP contribution in [0, 0.1) is 0 Å². The van der Waals surface area contributed by atoms with Crippen LogP contribution < -0.4 is 10.1 Å². The largest absolute Gasteiger partial charge is 0.494 e. The predicted octanol–water partition coefficient (Wildman–Crippen LogP) is 1.58. The molecule has 0 aromatic heterocycles. The van der Waals surface area contributed by atoms with Crippen LogP contribution in [0.5, 0.6) is 5.75 Å². The molecular weight excluding hydrogens is 609 g/mol. The number of aliphatic hydroxyl groups excluding tert-OH is 1. The van der Waals surface area contributed by atoms with Gasteiger partial charge in [0.1, 0.15) is 15.6 Å². The Labute approximate surface area is 233 Å². The third kappa shape index (κ3) is 5.78. The smallest absolute Gasteiger partial charge is 0.268 e. The summed E-state index contributed by atoms with van der Waals surface area (Å²) in [6.45, 7) is 8.95. The molecule has 1 amide bonds. The molecule has 1 aromatic carbocycles. The van der Waals surface area contributed by atoms with Crippen LogP contribution in [0.25, 0.3) is 0 Å². The molecule has 0 radical (unpaired) electrons. The third-order valence-corrected chi connectivity index (χ3v) is 10.7. The van der Waals surface area contributed by atoms with Gasteiger partial charge in [0.05, 0.1) is 17.5 Å². The van der Waals surface area contributed by atoms with Gasteiger partial charge in [-0.1, -0.05) is 6.92 Å². The number of likely N-dealkylation sites (N-methyl/N-ethyl adjacent to an activating group) is 1. The van der Waals surface area contributed by atoms with E-state index in [9.17, 15) is 13.2 Å². The van der Waals surface area contributed by atoms with E-state index in [2.05, 4.69) is 44.6 Å². The van der Waals surface area contributed by atoms with E-state index in [1.165, 1.54) is 4.31 Å². The fraction of sp³-hybridized carbons (Fsp3) is 0.640. The van der Waals surface area contributed by atoms with Gasteiger partial charge in [-0.05, 0) is 66.1 Å². The number of sulfonamides is 1. The number of hydrogen-bond donors (Lipinski definition) is 2. The average Bonchev–Trinajstić information content (AvgIpc) is 3.22. The lowest BCUT2D eigenvalue weighted by Gasteiger charge is -2.40. The summed E-state index contributed by atoms with van der Waals surface area (Å²) in [6, 6.07) is 4.54. The second-order valence-electron chi connectivity index (χ2n) is 9.63. The fourth-order valence-electron chi connectivity index (χ4n) is 5.34. The zero-order valence-electron chi connectivity index (χ0n) is 21.8.